The fraction of sp³-hybridized carbons (Fsp3) is 0.500. The summed E-state index contributed by atoms with van der Waals surface area (Å²) in [5, 5.41) is 5.44. The van der Waals surface area contributed by atoms with Gasteiger partial charge in [0.2, 0.25) is 5.91 Å². The maximum Gasteiger partial charge on any atom is 0.416 e. The molecule has 0 saturated carbocycles. The van der Waals surface area contributed by atoms with Crippen molar-refractivity contribution in [2.75, 3.05) is 17.2 Å². The molecule has 1 aromatic carbocycles. The molecule has 0 bridgehead atoms. The summed E-state index contributed by atoms with van der Waals surface area (Å²) < 4.78 is 38.3. The monoisotopic (exact) mass is 375 g/mol. The highest BCUT2D eigenvalue weighted by atomic mass is 35.5. The quantitative estimate of drug-likeness (QED) is 0.702. The Hall–Kier alpha value is -1.18. The van der Waals surface area contributed by atoms with Crippen molar-refractivity contribution >= 4 is 42.1 Å². The second-order valence-corrected chi connectivity index (χ2v) is 4.69. The molecule has 0 aliphatic heterocycles. The van der Waals surface area contributed by atoms with Crippen molar-refractivity contribution in [2.24, 2.45) is 5.73 Å². The molecule has 23 heavy (non-hydrogen) atoms. The van der Waals surface area contributed by atoms with Crippen LogP contribution in [0.25, 0.3) is 0 Å². The van der Waals surface area contributed by atoms with Crippen molar-refractivity contribution in [3.8, 4) is 0 Å². The van der Waals surface area contributed by atoms with E-state index in [4.69, 9.17) is 5.73 Å². The zero-order chi connectivity index (χ0) is 16.0. The molecule has 1 rings (SSSR count). The van der Waals surface area contributed by atoms with Crippen LogP contribution in [0.5, 0.6) is 0 Å². The van der Waals surface area contributed by atoms with Crippen molar-refractivity contribution < 1.29 is 18.0 Å². The normalized spacial score (nSPS) is 11.7. The first-order valence-electron chi connectivity index (χ1n) is 6.81. The summed E-state index contributed by atoms with van der Waals surface area (Å²) in [6.07, 6.45) is -3.25. The number of carbonyl (C=O) groups excluding carboxylic acids is 1. The number of amides is 1. The summed E-state index contributed by atoms with van der Waals surface area (Å²) in [4.78, 5) is 11.8. The Kier molecular flexibility index (Phi) is 11.1. The zero-order valence-electron chi connectivity index (χ0n) is 12.9. The summed E-state index contributed by atoms with van der Waals surface area (Å²) in [6, 6.07) is 2.45. The van der Waals surface area contributed by atoms with Gasteiger partial charge in [-0.25, -0.2) is 0 Å². The number of alkyl halides is 3. The Balaban J connectivity index is 0. The number of nitrogens with two attached hydrogens (primary N) is 1. The lowest BCUT2D eigenvalue weighted by atomic mass is 10.1. The molecule has 4 nitrogen and oxygen atoms in total. The molecule has 1 amide bonds. The first-order chi connectivity index (χ1) is 9.79. The molecular weight excluding hydrogens is 354 g/mol. The van der Waals surface area contributed by atoms with E-state index in [0.717, 1.165) is 18.6 Å². The Morgan fingerprint density at radius 2 is 1.83 bits per heavy atom. The molecule has 0 aromatic heterocycles. The Bertz CT molecular complexity index is 499. The summed E-state index contributed by atoms with van der Waals surface area (Å²) >= 11 is 0. The van der Waals surface area contributed by atoms with E-state index < -0.39 is 23.7 Å². The van der Waals surface area contributed by atoms with Crippen molar-refractivity contribution in [1.82, 2.24) is 0 Å². The highest BCUT2D eigenvalue weighted by Crippen LogP contribution is 2.34. The van der Waals surface area contributed by atoms with E-state index in [-0.39, 0.29) is 30.5 Å². The lowest BCUT2D eigenvalue weighted by Gasteiger charge is -2.17. The molecule has 1 aromatic rings. The van der Waals surface area contributed by atoms with Crippen LogP contribution in [0.1, 0.15) is 32.3 Å². The van der Waals surface area contributed by atoms with Crippen LogP contribution >= 0.6 is 24.8 Å². The molecule has 0 radical (unpaired) electrons. The van der Waals surface area contributed by atoms with Gasteiger partial charge in [-0.15, -0.1) is 24.8 Å². The van der Waals surface area contributed by atoms with Crippen LogP contribution in [0.3, 0.4) is 0 Å². The molecule has 0 aliphatic rings. The minimum atomic E-state index is -4.46. The molecule has 4 N–H and O–H groups in total. The van der Waals surface area contributed by atoms with E-state index in [1.165, 1.54) is 6.07 Å². The van der Waals surface area contributed by atoms with Crippen LogP contribution in [-0.2, 0) is 11.0 Å². The van der Waals surface area contributed by atoms with Gasteiger partial charge in [-0.2, -0.15) is 13.2 Å². The van der Waals surface area contributed by atoms with Crippen molar-refractivity contribution in [3.05, 3.63) is 23.8 Å². The van der Waals surface area contributed by atoms with Crippen LogP contribution in [0, 0.1) is 0 Å². The zero-order valence-corrected chi connectivity index (χ0v) is 14.5. The van der Waals surface area contributed by atoms with E-state index in [9.17, 15) is 18.0 Å². The number of carbonyl (C=O) groups is 1. The standard InChI is InChI=1S/C14H20F3N3O.2ClH/c1-3-7-19-11-6-5-9(14(15,16)17)8-12(11)20-13(21)10(18)4-2;;/h5-6,8,10,19H,3-4,7,18H2,1-2H3,(H,20,21);2*1H/t10-;;/m0../s1. The van der Waals surface area contributed by atoms with Crippen molar-refractivity contribution in [3.63, 3.8) is 0 Å². The molecular formula is C14H22Cl2F3N3O. The SMILES string of the molecule is CCCNc1ccc(C(F)(F)F)cc1NC(=O)[C@@H](N)CC.Cl.Cl. The van der Waals surface area contributed by atoms with Crippen LogP contribution in [-0.4, -0.2) is 18.5 Å². The number of hydrogen-bond donors (Lipinski definition) is 3. The third-order valence-electron chi connectivity index (χ3n) is 2.95. The summed E-state index contributed by atoms with van der Waals surface area (Å²) in [6.45, 7) is 4.25. The number of rotatable bonds is 6. The van der Waals surface area contributed by atoms with E-state index in [2.05, 4.69) is 10.6 Å². The van der Waals surface area contributed by atoms with E-state index >= 15 is 0 Å². The maximum atomic E-state index is 12.8. The van der Waals surface area contributed by atoms with Gasteiger partial charge in [0, 0.05) is 6.54 Å². The minimum Gasteiger partial charge on any atom is -0.383 e. The summed E-state index contributed by atoms with van der Waals surface area (Å²) in [5.74, 6) is -0.503. The average molecular weight is 376 g/mol. The largest absolute Gasteiger partial charge is 0.416 e. The topological polar surface area (TPSA) is 67.1 Å². The van der Waals surface area contributed by atoms with Crippen LogP contribution < -0.4 is 16.4 Å². The second-order valence-electron chi connectivity index (χ2n) is 4.69. The Labute approximate surface area is 146 Å². The van der Waals surface area contributed by atoms with E-state index in [1.807, 2.05) is 6.92 Å². The Morgan fingerprint density at radius 3 is 2.30 bits per heavy atom. The molecule has 134 valence electrons. The average Bonchev–Trinajstić information content (AvgIpc) is 2.43. The predicted molar refractivity (Wildman–Crippen MR) is 91.6 cm³/mol. The van der Waals surface area contributed by atoms with Gasteiger partial charge in [0.05, 0.1) is 23.0 Å². The van der Waals surface area contributed by atoms with Gasteiger partial charge in [-0.1, -0.05) is 13.8 Å². The van der Waals surface area contributed by atoms with Crippen LogP contribution in [0.2, 0.25) is 0 Å². The first kappa shape index (κ1) is 24.1. The van der Waals surface area contributed by atoms with Gasteiger partial charge in [0.25, 0.3) is 0 Å². The van der Waals surface area contributed by atoms with Gasteiger partial charge in [-0.3, -0.25) is 4.79 Å². The third-order valence-corrected chi connectivity index (χ3v) is 2.95. The molecule has 0 fully saturated rings. The molecule has 9 heteroatoms. The van der Waals surface area contributed by atoms with E-state index in [0.29, 0.717) is 18.7 Å². The van der Waals surface area contributed by atoms with Gasteiger partial charge in [0.1, 0.15) is 0 Å². The van der Waals surface area contributed by atoms with Gasteiger partial charge >= 0.3 is 6.18 Å². The van der Waals surface area contributed by atoms with Gasteiger partial charge in [-0.05, 0) is 31.0 Å². The fourth-order valence-electron chi connectivity index (χ4n) is 1.65. The number of nitrogens with one attached hydrogen (secondary N) is 2. The number of anilines is 2. The van der Waals surface area contributed by atoms with Crippen molar-refractivity contribution in [2.45, 2.75) is 38.9 Å². The fourth-order valence-corrected chi connectivity index (χ4v) is 1.65. The maximum absolute atomic E-state index is 12.8. The summed E-state index contributed by atoms with van der Waals surface area (Å²) in [7, 11) is 0. The minimum absolute atomic E-state index is 0. The highest BCUT2D eigenvalue weighted by molar-refractivity contribution is 5.97. The Morgan fingerprint density at radius 1 is 1.22 bits per heavy atom. The number of hydrogen-bond acceptors (Lipinski definition) is 3. The van der Waals surface area contributed by atoms with Gasteiger partial charge < -0.3 is 16.4 Å². The van der Waals surface area contributed by atoms with E-state index in [1.54, 1.807) is 6.92 Å². The molecule has 0 unspecified atom stereocenters. The van der Waals surface area contributed by atoms with Crippen molar-refractivity contribution in [1.29, 1.82) is 0 Å². The molecule has 0 saturated heterocycles. The second kappa shape index (κ2) is 10.6. The number of halogens is 5. The van der Waals surface area contributed by atoms with Crippen LogP contribution in [0.15, 0.2) is 18.2 Å². The molecule has 1 atom stereocenters. The first-order valence-corrected chi connectivity index (χ1v) is 6.81. The van der Waals surface area contributed by atoms with Crippen LogP contribution in [0.4, 0.5) is 24.5 Å². The number of benzene rings is 1. The summed E-state index contributed by atoms with van der Waals surface area (Å²) in [5.41, 5.74) is 5.30. The lowest BCUT2D eigenvalue weighted by molar-refractivity contribution is -0.137. The predicted octanol–water partition coefficient (Wildman–Crippen LogP) is 4.05. The molecule has 0 aliphatic carbocycles. The molecule has 0 heterocycles. The smallest absolute Gasteiger partial charge is 0.383 e. The lowest BCUT2D eigenvalue weighted by Crippen LogP contribution is -2.35. The third kappa shape index (κ3) is 7.28. The highest BCUT2D eigenvalue weighted by Gasteiger charge is 2.31. The molecule has 0 spiro atoms. The van der Waals surface area contributed by atoms with Gasteiger partial charge in [0.15, 0.2) is 0 Å².